The third kappa shape index (κ3) is 6.91. The van der Waals surface area contributed by atoms with E-state index < -0.39 is 5.60 Å². The first-order chi connectivity index (χ1) is 10.2. The van der Waals surface area contributed by atoms with E-state index in [1.165, 1.54) is 0 Å². The van der Waals surface area contributed by atoms with Crippen molar-refractivity contribution in [3.05, 3.63) is 55.3 Å². The largest absolute Gasteiger partial charge is 6.00 e. The fourth-order valence-corrected chi connectivity index (χ4v) is 2.04. The number of fused-ring (bicyclic) bond motifs is 1. The molecule has 1 aromatic rings. The molecule has 1 aliphatic rings. The summed E-state index contributed by atoms with van der Waals surface area (Å²) in [5.74, 6) is -0.338. The Kier molecular flexibility index (Phi) is 16.5. The minimum absolute atomic E-state index is 0. The number of carbonyl (C=O) groups is 1. The van der Waals surface area contributed by atoms with Crippen molar-refractivity contribution in [1.29, 1.82) is 0 Å². The van der Waals surface area contributed by atoms with Crippen LogP contribution in [0.25, 0.3) is 0 Å². The number of ether oxygens (including phenoxy) is 1. The topological polar surface area (TPSA) is 106 Å². The van der Waals surface area contributed by atoms with Crippen LogP contribution in [-0.2, 0) is 52.9 Å². The minimum atomic E-state index is -0.997. The summed E-state index contributed by atoms with van der Waals surface area (Å²) in [5, 5.41) is 10.2. The van der Waals surface area contributed by atoms with E-state index >= 15 is 0 Å². The molecule has 0 amide bonds. The standard InChI is InChI=1S/C12H14O3.3CO.Cr/c1-2-15-11(13)8-12(14)7-9-5-3-4-6-10(9)12;3*1-2;/h3-6,14H,2,7-8H2,1H3;;;;/q;;;;+6. The fraction of sp³-hybridized carbons (Fsp3) is 0.333. The molecule has 0 spiro atoms. The summed E-state index contributed by atoms with van der Waals surface area (Å²) in [7, 11) is 0. The smallest absolute Gasteiger partial charge is 6.00 e. The number of esters is 1. The number of benzene rings is 1. The van der Waals surface area contributed by atoms with Crippen molar-refractivity contribution < 1.29 is 46.0 Å². The quantitative estimate of drug-likeness (QED) is 0.508. The molecule has 1 atom stereocenters. The van der Waals surface area contributed by atoms with Gasteiger partial charge in [-0.2, -0.15) is 0 Å². The Balaban J connectivity index is -0.000000463. The molecule has 110 valence electrons. The molecule has 0 bridgehead atoms. The van der Waals surface area contributed by atoms with Crippen LogP contribution < -0.4 is 0 Å². The summed E-state index contributed by atoms with van der Waals surface area (Å²) < 4.78 is 27.3. The van der Waals surface area contributed by atoms with Crippen LogP contribution in [0, 0.1) is 20.0 Å². The molecule has 22 heavy (non-hydrogen) atoms. The van der Waals surface area contributed by atoms with Crippen LogP contribution in [0.2, 0.25) is 0 Å². The van der Waals surface area contributed by atoms with Gasteiger partial charge in [0.25, 0.3) is 0 Å². The molecule has 2 rings (SSSR count). The molecule has 0 heterocycles. The van der Waals surface area contributed by atoms with E-state index in [2.05, 4.69) is 20.0 Å². The van der Waals surface area contributed by atoms with Gasteiger partial charge in [-0.25, -0.2) is 0 Å². The van der Waals surface area contributed by atoms with E-state index in [1.807, 2.05) is 24.3 Å². The van der Waals surface area contributed by atoms with E-state index in [0.717, 1.165) is 11.1 Å². The number of hydrogen-bond donors (Lipinski definition) is 1. The molecule has 0 aliphatic heterocycles. The van der Waals surface area contributed by atoms with Crippen LogP contribution in [0.1, 0.15) is 24.5 Å². The molecule has 0 radical (unpaired) electrons. The van der Waals surface area contributed by atoms with E-state index in [0.29, 0.717) is 13.0 Å². The monoisotopic (exact) mass is 342 g/mol. The second-order valence-corrected chi connectivity index (χ2v) is 3.85. The molecule has 1 unspecified atom stereocenters. The molecule has 6 nitrogen and oxygen atoms in total. The van der Waals surface area contributed by atoms with Gasteiger partial charge in [-0.1, -0.05) is 24.3 Å². The Labute approximate surface area is 139 Å². The predicted molar refractivity (Wildman–Crippen MR) is 67.1 cm³/mol. The van der Waals surface area contributed by atoms with Crippen molar-refractivity contribution in [1.82, 2.24) is 0 Å². The molecule has 0 saturated carbocycles. The zero-order valence-electron chi connectivity index (χ0n) is 11.8. The third-order valence-electron chi connectivity index (χ3n) is 2.74. The molecule has 0 fully saturated rings. The van der Waals surface area contributed by atoms with Crippen molar-refractivity contribution in [2.24, 2.45) is 0 Å². The first-order valence-electron chi connectivity index (χ1n) is 5.73. The van der Waals surface area contributed by atoms with Crippen LogP contribution in [-0.4, -0.2) is 17.7 Å². The first kappa shape index (κ1) is 25.4. The number of carbonyl (C=O) groups excluding carboxylic acids is 1. The SMILES string of the molecule is CCOC(=O)CC1(O)Cc2ccccc21.[C-]#[O+].[C-]#[O+].[C-]#[O+].[Cr+6]. The van der Waals surface area contributed by atoms with Gasteiger partial charge in [-0.3, -0.25) is 4.79 Å². The minimum Gasteiger partial charge on any atom is 6.00 e. The summed E-state index contributed by atoms with van der Waals surface area (Å²) in [4.78, 5) is 11.3. The molecule has 7 heteroatoms. The third-order valence-corrected chi connectivity index (χ3v) is 2.74. The van der Waals surface area contributed by atoms with Gasteiger partial charge >= 0.3 is 57.2 Å². The van der Waals surface area contributed by atoms with Crippen LogP contribution in [0.15, 0.2) is 24.3 Å². The number of rotatable bonds is 3. The van der Waals surface area contributed by atoms with E-state index in [4.69, 9.17) is 18.7 Å². The molecule has 1 N–H and O–H groups in total. The molecule has 0 aromatic heterocycles. The Hall–Kier alpha value is -1.60. The summed E-state index contributed by atoms with van der Waals surface area (Å²) >= 11 is 0. The molecular formula is C15H14CrO6+6. The molecule has 0 saturated heterocycles. The molecule has 1 aromatic carbocycles. The van der Waals surface area contributed by atoms with Gasteiger partial charge in [0.15, 0.2) is 0 Å². The zero-order chi connectivity index (χ0) is 16.9. The van der Waals surface area contributed by atoms with Gasteiger partial charge < -0.3 is 9.84 Å². The second kappa shape index (κ2) is 14.3. The van der Waals surface area contributed by atoms with Crippen molar-refractivity contribution in [3.8, 4) is 0 Å². The van der Waals surface area contributed by atoms with Crippen LogP contribution in [0.3, 0.4) is 0 Å². The van der Waals surface area contributed by atoms with Crippen molar-refractivity contribution >= 4 is 5.97 Å². The maximum absolute atomic E-state index is 11.3. The van der Waals surface area contributed by atoms with Crippen molar-refractivity contribution in [3.63, 3.8) is 0 Å². The number of hydrogen-bond acceptors (Lipinski definition) is 3. The Morgan fingerprint density at radius 1 is 1.23 bits per heavy atom. The second-order valence-electron chi connectivity index (χ2n) is 3.85. The zero-order valence-corrected chi connectivity index (χ0v) is 13.1. The maximum atomic E-state index is 11.3. The van der Waals surface area contributed by atoms with E-state index in [-0.39, 0.29) is 29.8 Å². The molecular weight excluding hydrogens is 328 g/mol. The summed E-state index contributed by atoms with van der Waals surface area (Å²) in [6.07, 6.45) is 0.597. The van der Waals surface area contributed by atoms with E-state index in [9.17, 15) is 9.90 Å². The van der Waals surface area contributed by atoms with Gasteiger partial charge in [0.2, 0.25) is 0 Å². The Morgan fingerprint density at radius 2 is 1.73 bits per heavy atom. The van der Waals surface area contributed by atoms with Crippen molar-refractivity contribution in [2.45, 2.75) is 25.4 Å². The summed E-state index contributed by atoms with van der Waals surface area (Å²) in [5.41, 5.74) is 0.977. The Morgan fingerprint density at radius 3 is 2.18 bits per heavy atom. The van der Waals surface area contributed by atoms with E-state index in [1.54, 1.807) is 6.92 Å². The van der Waals surface area contributed by atoms with Crippen LogP contribution in [0.4, 0.5) is 0 Å². The van der Waals surface area contributed by atoms with Gasteiger partial charge in [0.05, 0.1) is 13.0 Å². The average molecular weight is 342 g/mol. The first-order valence-corrected chi connectivity index (χ1v) is 5.73. The van der Waals surface area contributed by atoms with Gasteiger partial charge in [-0.05, 0) is 18.1 Å². The van der Waals surface area contributed by atoms with Crippen LogP contribution in [0.5, 0.6) is 0 Å². The average Bonchev–Trinajstić information content (AvgIpc) is 2.53. The van der Waals surface area contributed by atoms with Crippen LogP contribution >= 0.6 is 0 Å². The maximum Gasteiger partial charge on any atom is 6.00 e. The summed E-state index contributed by atoms with van der Waals surface area (Å²) in [6.45, 7) is 15.6. The normalized spacial score (nSPS) is 15.8. The molecule has 1 aliphatic carbocycles. The number of aliphatic hydroxyl groups is 1. The summed E-state index contributed by atoms with van der Waals surface area (Å²) in [6, 6.07) is 7.63. The fourth-order valence-electron chi connectivity index (χ4n) is 2.04. The predicted octanol–water partition coefficient (Wildman–Crippen LogP) is 1.27. The van der Waals surface area contributed by atoms with Gasteiger partial charge in [-0.15, -0.1) is 0 Å². The van der Waals surface area contributed by atoms with Crippen molar-refractivity contribution in [2.75, 3.05) is 6.61 Å². The van der Waals surface area contributed by atoms with Gasteiger partial charge in [0.1, 0.15) is 5.60 Å². The Bertz CT molecular complexity index is 494. The van der Waals surface area contributed by atoms with Gasteiger partial charge in [0, 0.05) is 6.42 Å².